The van der Waals surface area contributed by atoms with Crippen molar-refractivity contribution in [1.82, 2.24) is 9.55 Å². The molecule has 1 aromatic carbocycles. The highest BCUT2D eigenvalue weighted by Gasteiger charge is 2.13. The lowest BCUT2D eigenvalue weighted by Gasteiger charge is -2.11. The fourth-order valence-electron chi connectivity index (χ4n) is 2.03. The normalized spacial score (nSPS) is 10.6. The number of nitrogens with one attached hydrogen (secondary N) is 1. The summed E-state index contributed by atoms with van der Waals surface area (Å²) in [4.78, 5) is 25.7. The van der Waals surface area contributed by atoms with Crippen LogP contribution in [0.4, 0.5) is 0 Å². The van der Waals surface area contributed by atoms with Crippen molar-refractivity contribution in [1.29, 1.82) is 0 Å². The van der Waals surface area contributed by atoms with Crippen molar-refractivity contribution in [2.45, 2.75) is 26.7 Å². The summed E-state index contributed by atoms with van der Waals surface area (Å²) in [7, 11) is 0. The van der Waals surface area contributed by atoms with Gasteiger partial charge in [0.05, 0.1) is 11.3 Å². The number of aromatic hydroxyl groups is 1. The Balaban J connectivity index is 2.75. The van der Waals surface area contributed by atoms with E-state index in [1.165, 1.54) is 0 Å². The summed E-state index contributed by atoms with van der Waals surface area (Å²) in [5.74, 6) is -0.287. The SMILES string of the molecule is CCc1cccc(-n2c(O)c(CC)c(=O)[nH]c2=O)c1. The van der Waals surface area contributed by atoms with Crippen molar-refractivity contribution in [2.24, 2.45) is 0 Å². The first-order valence-electron chi connectivity index (χ1n) is 6.25. The van der Waals surface area contributed by atoms with Gasteiger partial charge in [-0.2, -0.15) is 0 Å². The van der Waals surface area contributed by atoms with E-state index in [-0.39, 0.29) is 11.4 Å². The third-order valence-electron chi connectivity index (χ3n) is 3.11. The molecule has 5 nitrogen and oxygen atoms in total. The number of H-pyrrole nitrogens is 1. The maximum Gasteiger partial charge on any atom is 0.335 e. The molecule has 0 aliphatic rings. The molecule has 2 aromatic rings. The van der Waals surface area contributed by atoms with Crippen LogP contribution in [0.15, 0.2) is 33.9 Å². The number of aromatic nitrogens is 2. The highest BCUT2D eigenvalue weighted by molar-refractivity contribution is 5.40. The van der Waals surface area contributed by atoms with Crippen LogP contribution in [0.2, 0.25) is 0 Å². The molecule has 2 N–H and O–H groups in total. The van der Waals surface area contributed by atoms with Gasteiger partial charge in [-0.25, -0.2) is 9.36 Å². The van der Waals surface area contributed by atoms with Crippen LogP contribution >= 0.6 is 0 Å². The van der Waals surface area contributed by atoms with E-state index in [4.69, 9.17) is 0 Å². The molecule has 100 valence electrons. The molecule has 0 fully saturated rings. The minimum atomic E-state index is -0.632. The Morgan fingerprint density at radius 1 is 1.21 bits per heavy atom. The summed E-state index contributed by atoms with van der Waals surface area (Å²) in [5, 5.41) is 10.1. The predicted octanol–water partition coefficient (Wildman–Crippen LogP) is 1.36. The molecule has 5 heteroatoms. The molecule has 0 aliphatic carbocycles. The third kappa shape index (κ3) is 2.31. The first-order valence-corrected chi connectivity index (χ1v) is 6.25. The molecule has 0 spiro atoms. The highest BCUT2D eigenvalue weighted by Crippen LogP contribution is 2.17. The molecule has 1 aromatic heterocycles. The quantitative estimate of drug-likeness (QED) is 0.874. The second-order valence-electron chi connectivity index (χ2n) is 4.27. The van der Waals surface area contributed by atoms with E-state index in [9.17, 15) is 14.7 Å². The van der Waals surface area contributed by atoms with Gasteiger partial charge in [-0.1, -0.05) is 26.0 Å². The minimum absolute atomic E-state index is 0.210. The predicted molar refractivity (Wildman–Crippen MR) is 73.1 cm³/mol. The highest BCUT2D eigenvalue weighted by atomic mass is 16.3. The average molecular weight is 260 g/mol. The second-order valence-corrected chi connectivity index (χ2v) is 4.27. The largest absolute Gasteiger partial charge is 0.494 e. The molecule has 0 aliphatic heterocycles. The van der Waals surface area contributed by atoms with E-state index in [2.05, 4.69) is 4.98 Å². The van der Waals surface area contributed by atoms with E-state index in [1.54, 1.807) is 13.0 Å². The minimum Gasteiger partial charge on any atom is -0.494 e. The van der Waals surface area contributed by atoms with Gasteiger partial charge in [0.1, 0.15) is 0 Å². The molecule has 0 amide bonds. The Hall–Kier alpha value is -2.30. The van der Waals surface area contributed by atoms with Crippen molar-refractivity contribution in [2.75, 3.05) is 0 Å². The van der Waals surface area contributed by atoms with E-state index in [1.807, 2.05) is 25.1 Å². The van der Waals surface area contributed by atoms with Crippen LogP contribution in [0.3, 0.4) is 0 Å². The standard InChI is InChI=1S/C14H16N2O3/c1-3-9-6-5-7-10(8-9)16-13(18)11(4-2)12(17)15-14(16)19/h5-8,18H,3-4H2,1-2H3,(H,15,17,19). The fraction of sp³-hybridized carbons (Fsp3) is 0.286. The Kier molecular flexibility index (Phi) is 3.55. The third-order valence-corrected chi connectivity index (χ3v) is 3.11. The Labute approximate surface area is 110 Å². The summed E-state index contributed by atoms with van der Waals surface area (Å²) < 4.78 is 1.12. The zero-order valence-electron chi connectivity index (χ0n) is 10.9. The van der Waals surface area contributed by atoms with Gasteiger partial charge in [0.25, 0.3) is 5.56 Å². The fourth-order valence-corrected chi connectivity index (χ4v) is 2.03. The Morgan fingerprint density at radius 2 is 1.95 bits per heavy atom. The summed E-state index contributed by atoms with van der Waals surface area (Å²) in [6, 6.07) is 7.30. The molecule has 0 saturated carbocycles. The lowest BCUT2D eigenvalue weighted by atomic mass is 10.1. The number of aromatic amines is 1. The van der Waals surface area contributed by atoms with Crippen LogP contribution in [0, 0.1) is 0 Å². The summed E-state index contributed by atoms with van der Waals surface area (Å²) in [6.07, 6.45) is 1.18. The van der Waals surface area contributed by atoms with E-state index < -0.39 is 11.2 Å². The van der Waals surface area contributed by atoms with Gasteiger partial charge >= 0.3 is 5.69 Å². The maximum absolute atomic E-state index is 11.9. The molecular formula is C14H16N2O3. The molecule has 0 unspecified atom stereocenters. The van der Waals surface area contributed by atoms with Gasteiger partial charge in [-0.3, -0.25) is 9.78 Å². The van der Waals surface area contributed by atoms with Crippen LogP contribution < -0.4 is 11.2 Å². The molecule has 0 radical (unpaired) electrons. The van der Waals surface area contributed by atoms with Crippen LogP contribution in [0.1, 0.15) is 25.0 Å². The number of aryl methyl sites for hydroxylation is 1. The Bertz CT molecular complexity index is 713. The number of benzene rings is 1. The molecule has 0 atom stereocenters. The lowest BCUT2D eigenvalue weighted by molar-refractivity contribution is 0.423. The number of hydrogen-bond donors (Lipinski definition) is 2. The van der Waals surface area contributed by atoms with Gasteiger partial charge in [0.2, 0.25) is 5.88 Å². The topological polar surface area (TPSA) is 75.1 Å². The lowest BCUT2D eigenvalue weighted by Crippen LogP contribution is -2.31. The number of nitrogens with zero attached hydrogens (tertiary/aromatic N) is 1. The van der Waals surface area contributed by atoms with Crippen LogP contribution in [-0.2, 0) is 12.8 Å². The van der Waals surface area contributed by atoms with E-state index in [0.717, 1.165) is 16.6 Å². The summed E-state index contributed by atoms with van der Waals surface area (Å²) >= 11 is 0. The van der Waals surface area contributed by atoms with E-state index >= 15 is 0 Å². The first-order chi connectivity index (χ1) is 9.08. The van der Waals surface area contributed by atoms with Gasteiger partial charge in [-0.15, -0.1) is 0 Å². The van der Waals surface area contributed by atoms with Gasteiger partial charge in [0.15, 0.2) is 0 Å². The van der Waals surface area contributed by atoms with Crippen LogP contribution in [0.5, 0.6) is 5.88 Å². The van der Waals surface area contributed by atoms with Crippen LogP contribution in [-0.4, -0.2) is 14.7 Å². The monoisotopic (exact) mass is 260 g/mol. The summed E-state index contributed by atoms with van der Waals surface area (Å²) in [5.41, 5.74) is 0.642. The van der Waals surface area contributed by atoms with Gasteiger partial charge in [0, 0.05) is 0 Å². The van der Waals surface area contributed by atoms with Gasteiger partial charge in [-0.05, 0) is 30.5 Å². The first kappa shape index (κ1) is 13.1. The number of hydrogen-bond acceptors (Lipinski definition) is 3. The molecule has 0 bridgehead atoms. The van der Waals surface area contributed by atoms with E-state index in [0.29, 0.717) is 12.1 Å². The smallest absolute Gasteiger partial charge is 0.335 e. The van der Waals surface area contributed by atoms with Crippen molar-refractivity contribution >= 4 is 0 Å². The molecule has 19 heavy (non-hydrogen) atoms. The molecule has 0 saturated heterocycles. The number of rotatable bonds is 3. The van der Waals surface area contributed by atoms with Crippen molar-refractivity contribution in [3.63, 3.8) is 0 Å². The Morgan fingerprint density at radius 3 is 2.58 bits per heavy atom. The second kappa shape index (κ2) is 5.14. The zero-order chi connectivity index (χ0) is 14.0. The summed E-state index contributed by atoms with van der Waals surface area (Å²) in [6.45, 7) is 3.76. The molecule has 2 rings (SSSR count). The molecule has 1 heterocycles. The average Bonchev–Trinajstić information content (AvgIpc) is 2.39. The van der Waals surface area contributed by atoms with Gasteiger partial charge < -0.3 is 5.11 Å². The molecular weight excluding hydrogens is 244 g/mol. The van der Waals surface area contributed by atoms with Crippen molar-refractivity contribution < 1.29 is 5.11 Å². The van der Waals surface area contributed by atoms with Crippen molar-refractivity contribution in [3.8, 4) is 11.6 Å². The maximum atomic E-state index is 11.9. The zero-order valence-corrected chi connectivity index (χ0v) is 10.9. The van der Waals surface area contributed by atoms with Crippen molar-refractivity contribution in [3.05, 3.63) is 56.2 Å². The van der Waals surface area contributed by atoms with Crippen LogP contribution in [0.25, 0.3) is 5.69 Å².